The highest BCUT2D eigenvalue weighted by molar-refractivity contribution is 8.00. The Bertz CT molecular complexity index is 493. The second-order valence-electron chi connectivity index (χ2n) is 4.11. The van der Waals surface area contributed by atoms with Crippen LogP contribution in [-0.2, 0) is 6.54 Å². The number of rotatable bonds is 0. The molecule has 2 aromatic rings. The number of para-hydroxylation sites is 1. The number of pyridine rings is 1. The molecular formula is C12H12NOS+. The molecule has 76 valence electrons. The van der Waals surface area contributed by atoms with Crippen LogP contribution >= 0.6 is 11.8 Å². The summed E-state index contributed by atoms with van der Waals surface area (Å²) in [7, 11) is 0. The van der Waals surface area contributed by atoms with Crippen LogP contribution in [0.25, 0.3) is 10.9 Å². The van der Waals surface area contributed by atoms with Gasteiger partial charge in [-0.05, 0) is 25.1 Å². The van der Waals surface area contributed by atoms with E-state index in [1.165, 1.54) is 10.9 Å². The predicted octanol–water partition coefficient (Wildman–Crippen LogP) is 1.94. The number of aromatic nitrogens is 1. The smallest absolute Gasteiger partial charge is 0.226 e. The average Bonchev–Trinajstić information content (AvgIpc) is 2.16. The van der Waals surface area contributed by atoms with Gasteiger partial charge in [0.1, 0.15) is 0 Å². The third kappa shape index (κ3) is 1.43. The van der Waals surface area contributed by atoms with Gasteiger partial charge < -0.3 is 5.11 Å². The topological polar surface area (TPSA) is 24.1 Å². The fourth-order valence-electron chi connectivity index (χ4n) is 2.11. The van der Waals surface area contributed by atoms with Crippen LogP contribution in [0.2, 0.25) is 0 Å². The van der Waals surface area contributed by atoms with Gasteiger partial charge in [0.05, 0.1) is 4.90 Å². The lowest BCUT2D eigenvalue weighted by molar-refractivity contribution is -0.682. The van der Waals surface area contributed by atoms with Gasteiger partial charge in [0, 0.05) is 11.5 Å². The van der Waals surface area contributed by atoms with Crippen LogP contribution in [0.5, 0.6) is 0 Å². The molecule has 0 saturated heterocycles. The molecular weight excluding hydrogens is 206 g/mol. The monoisotopic (exact) mass is 218 g/mol. The molecule has 1 unspecified atom stereocenters. The molecule has 1 aliphatic heterocycles. The van der Waals surface area contributed by atoms with Gasteiger partial charge in [0.15, 0.2) is 17.7 Å². The minimum Gasteiger partial charge on any atom is -0.373 e. The molecule has 1 aromatic heterocycles. The molecule has 2 heterocycles. The fraction of sp³-hybridized carbons (Fsp3) is 0.250. The Morgan fingerprint density at radius 3 is 3.00 bits per heavy atom. The quantitative estimate of drug-likeness (QED) is 0.683. The molecule has 0 amide bonds. The molecule has 0 radical (unpaired) electrons. The zero-order chi connectivity index (χ0) is 10.5. The molecule has 0 spiro atoms. The van der Waals surface area contributed by atoms with Crippen LogP contribution in [-0.4, -0.2) is 10.0 Å². The molecule has 0 fully saturated rings. The minimum absolute atomic E-state index is 0.645. The number of nitrogens with zero attached hydrogens (tertiary/aromatic N) is 1. The first kappa shape index (κ1) is 9.19. The molecule has 1 atom stereocenters. The van der Waals surface area contributed by atoms with E-state index in [1.807, 2.05) is 25.3 Å². The van der Waals surface area contributed by atoms with E-state index in [0.29, 0.717) is 6.54 Å². The maximum atomic E-state index is 10.1. The molecule has 1 aromatic carbocycles. The molecule has 0 saturated carbocycles. The fourth-order valence-corrected chi connectivity index (χ4v) is 3.26. The second-order valence-corrected chi connectivity index (χ2v) is 5.63. The second kappa shape index (κ2) is 2.97. The summed E-state index contributed by atoms with van der Waals surface area (Å²) in [6.07, 6.45) is 2.03. The summed E-state index contributed by atoms with van der Waals surface area (Å²) in [5.41, 5.74) is 1.23. The van der Waals surface area contributed by atoms with Crippen molar-refractivity contribution >= 4 is 22.7 Å². The molecule has 1 aliphatic rings. The van der Waals surface area contributed by atoms with E-state index >= 15 is 0 Å². The van der Waals surface area contributed by atoms with E-state index in [2.05, 4.69) is 22.8 Å². The van der Waals surface area contributed by atoms with E-state index in [0.717, 1.165) is 4.90 Å². The molecule has 15 heavy (non-hydrogen) atoms. The zero-order valence-corrected chi connectivity index (χ0v) is 9.29. The summed E-state index contributed by atoms with van der Waals surface area (Å²) >= 11 is 1.54. The number of aliphatic hydroxyl groups is 1. The van der Waals surface area contributed by atoms with Gasteiger partial charge >= 0.3 is 0 Å². The van der Waals surface area contributed by atoms with Crippen molar-refractivity contribution in [2.24, 2.45) is 0 Å². The van der Waals surface area contributed by atoms with Gasteiger partial charge in [-0.15, -0.1) is 0 Å². The van der Waals surface area contributed by atoms with Gasteiger partial charge in [-0.3, -0.25) is 0 Å². The van der Waals surface area contributed by atoms with Crippen molar-refractivity contribution in [2.75, 3.05) is 0 Å². The minimum atomic E-state index is -0.701. The molecule has 2 nitrogen and oxygen atoms in total. The van der Waals surface area contributed by atoms with Crippen LogP contribution in [0.15, 0.2) is 41.4 Å². The molecule has 1 N–H and O–H groups in total. The largest absolute Gasteiger partial charge is 0.373 e. The number of hydrogen-bond acceptors (Lipinski definition) is 2. The standard InChI is InChI=1S/C12H12NOS/c1-12(14)8-13-7-3-5-9-4-2-6-10(15-12)11(9)13/h2-7,14H,8H2,1H3/q+1. The maximum Gasteiger partial charge on any atom is 0.226 e. The summed E-state index contributed by atoms with van der Waals surface area (Å²) in [6.45, 7) is 2.51. The third-order valence-corrected chi connectivity index (χ3v) is 3.77. The molecule has 3 heteroatoms. The van der Waals surface area contributed by atoms with E-state index in [4.69, 9.17) is 0 Å². The zero-order valence-electron chi connectivity index (χ0n) is 8.47. The Morgan fingerprint density at radius 2 is 2.13 bits per heavy atom. The number of benzene rings is 1. The third-order valence-electron chi connectivity index (χ3n) is 2.65. The summed E-state index contributed by atoms with van der Waals surface area (Å²) in [6, 6.07) is 10.3. The van der Waals surface area contributed by atoms with Crippen molar-refractivity contribution in [3.8, 4) is 0 Å². The van der Waals surface area contributed by atoms with Gasteiger partial charge in [-0.1, -0.05) is 17.8 Å². The van der Waals surface area contributed by atoms with Crippen molar-refractivity contribution in [1.29, 1.82) is 0 Å². The van der Waals surface area contributed by atoms with Crippen molar-refractivity contribution < 1.29 is 9.67 Å². The van der Waals surface area contributed by atoms with E-state index in [1.54, 1.807) is 11.8 Å². The average molecular weight is 218 g/mol. The Kier molecular flexibility index (Phi) is 1.82. The summed E-state index contributed by atoms with van der Waals surface area (Å²) in [4.78, 5) is 0.456. The van der Waals surface area contributed by atoms with Crippen LogP contribution in [0.3, 0.4) is 0 Å². The molecule has 0 bridgehead atoms. The van der Waals surface area contributed by atoms with Crippen LogP contribution in [0.1, 0.15) is 6.92 Å². The maximum absolute atomic E-state index is 10.1. The van der Waals surface area contributed by atoms with Gasteiger partial charge in [0.25, 0.3) is 0 Å². The first-order chi connectivity index (χ1) is 7.16. The van der Waals surface area contributed by atoms with Gasteiger partial charge in [0.2, 0.25) is 5.52 Å². The van der Waals surface area contributed by atoms with Gasteiger partial charge in [-0.25, -0.2) is 0 Å². The van der Waals surface area contributed by atoms with Crippen molar-refractivity contribution in [3.05, 3.63) is 36.5 Å². The summed E-state index contributed by atoms with van der Waals surface area (Å²) in [5.74, 6) is 0. The first-order valence-electron chi connectivity index (χ1n) is 4.98. The van der Waals surface area contributed by atoms with Crippen molar-refractivity contribution in [3.63, 3.8) is 0 Å². The Balaban J connectivity index is 2.36. The predicted molar refractivity (Wildman–Crippen MR) is 60.6 cm³/mol. The Morgan fingerprint density at radius 1 is 1.33 bits per heavy atom. The van der Waals surface area contributed by atoms with Crippen LogP contribution in [0, 0.1) is 0 Å². The van der Waals surface area contributed by atoms with E-state index < -0.39 is 4.93 Å². The normalized spacial score (nSPS) is 24.4. The lowest BCUT2D eigenvalue weighted by Crippen LogP contribution is -2.47. The number of hydrogen-bond donors (Lipinski definition) is 1. The SMILES string of the molecule is CC1(O)C[n+]2cccc3cccc(c32)S1. The van der Waals surface area contributed by atoms with Crippen molar-refractivity contribution in [2.45, 2.75) is 23.3 Å². The first-order valence-corrected chi connectivity index (χ1v) is 5.80. The van der Waals surface area contributed by atoms with Crippen molar-refractivity contribution in [1.82, 2.24) is 0 Å². The lowest BCUT2D eigenvalue weighted by atomic mass is 10.2. The lowest BCUT2D eigenvalue weighted by Gasteiger charge is -2.24. The molecule has 0 aliphatic carbocycles. The highest BCUT2D eigenvalue weighted by Gasteiger charge is 2.35. The number of thioether (sulfide) groups is 1. The Hall–Kier alpha value is -1.06. The summed E-state index contributed by atoms with van der Waals surface area (Å²) < 4.78 is 2.13. The van der Waals surface area contributed by atoms with Gasteiger partial charge in [-0.2, -0.15) is 4.57 Å². The van der Waals surface area contributed by atoms with E-state index in [-0.39, 0.29) is 0 Å². The summed E-state index contributed by atoms with van der Waals surface area (Å²) in [5, 5.41) is 11.3. The highest BCUT2D eigenvalue weighted by atomic mass is 32.2. The van der Waals surface area contributed by atoms with E-state index in [9.17, 15) is 5.11 Å². The molecule has 3 rings (SSSR count). The van der Waals surface area contributed by atoms with Crippen LogP contribution < -0.4 is 4.57 Å². The Labute approximate surface area is 92.5 Å². The highest BCUT2D eigenvalue weighted by Crippen LogP contribution is 2.37. The van der Waals surface area contributed by atoms with Crippen LogP contribution in [0.4, 0.5) is 0 Å².